The number of amides is 1. The summed E-state index contributed by atoms with van der Waals surface area (Å²) >= 11 is 0. The molecule has 3 heteroatoms. The fourth-order valence-electron chi connectivity index (χ4n) is 2.01. The minimum Gasteiger partial charge on any atom is -0.395 e. The highest BCUT2D eigenvalue weighted by Crippen LogP contribution is 2.34. The van der Waals surface area contributed by atoms with Crippen LogP contribution in [0.4, 0.5) is 0 Å². The summed E-state index contributed by atoms with van der Waals surface area (Å²) in [5, 5.41) is 11.3. The summed E-state index contributed by atoms with van der Waals surface area (Å²) in [6.45, 7) is 11.1. The lowest BCUT2D eigenvalue weighted by Gasteiger charge is -2.33. The van der Waals surface area contributed by atoms with E-state index in [1.807, 2.05) is 0 Å². The van der Waals surface area contributed by atoms with Crippen molar-refractivity contribution in [3.8, 4) is 0 Å². The highest BCUT2D eigenvalue weighted by Gasteiger charge is 2.29. The van der Waals surface area contributed by atoms with Gasteiger partial charge in [0.15, 0.2) is 0 Å². The van der Waals surface area contributed by atoms with Gasteiger partial charge in [-0.05, 0) is 17.3 Å². The van der Waals surface area contributed by atoms with Crippen molar-refractivity contribution in [1.29, 1.82) is 0 Å². The molecular formula is C12H25NO2. The van der Waals surface area contributed by atoms with E-state index in [1.165, 1.54) is 0 Å². The van der Waals surface area contributed by atoms with E-state index in [-0.39, 0.29) is 17.9 Å². The minimum absolute atomic E-state index is 0.00754. The second kappa shape index (κ2) is 6.11. The van der Waals surface area contributed by atoms with Gasteiger partial charge in [-0.1, -0.05) is 34.6 Å². The van der Waals surface area contributed by atoms with Crippen molar-refractivity contribution in [2.45, 2.75) is 41.0 Å². The van der Waals surface area contributed by atoms with Crippen LogP contribution in [0.15, 0.2) is 0 Å². The summed E-state index contributed by atoms with van der Waals surface area (Å²) < 4.78 is 0. The summed E-state index contributed by atoms with van der Waals surface area (Å²) in [5.74, 6) is 0.902. The largest absolute Gasteiger partial charge is 0.395 e. The zero-order chi connectivity index (χ0) is 12.1. The lowest BCUT2D eigenvalue weighted by molar-refractivity contribution is -0.123. The molecule has 0 aliphatic rings. The molecule has 90 valence electrons. The number of carbonyl (C=O) groups excluding carboxylic acids is 1. The van der Waals surface area contributed by atoms with E-state index in [1.54, 1.807) is 0 Å². The Hall–Kier alpha value is -0.570. The molecule has 1 atom stereocenters. The molecule has 0 heterocycles. The average Bonchev–Trinajstić information content (AvgIpc) is 2.08. The molecule has 0 saturated carbocycles. The van der Waals surface area contributed by atoms with Crippen LogP contribution in [0.2, 0.25) is 0 Å². The Morgan fingerprint density at radius 1 is 1.33 bits per heavy atom. The number of aliphatic hydroxyl groups is 1. The van der Waals surface area contributed by atoms with E-state index in [2.05, 4.69) is 39.9 Å². The molecule has 0 aromatic heterocycles. The molecule has 0 radical (unpaired) electrons. The van der Waals surface area contributed by atoms with Gasteiger partial charge in [-0.25, -0.2) is 0 Å². The third-order valence-corrected chi connectivity index (χ3v) is 2.76. The molecule has 1 unspecified atom stereocenters. The lowest BCUT2D eigenvalue weighted by atomic mass is 9.72. The third-order valence-electron chi connectivity index (χ3n) is 2.76. The first-order valence-electron chi connectivity index (χ1n) is 5.66. The van der Waals surface area contributed by atoms with Gasteiger partial charge in [0.2, 0.25) is 5.91 Å². The minimum atomic E-state index is 0.00754. The van der Waals surface area contributed by atoms with Gasteiger partial charge in [0.05, 0.1) is 6.61 Å². The van der Waals surface area contributed by atoms with Crippen LogP contribution in [0.1, 0.15) is 41.0 Å². The van der Waals surface area contributed by atoms with Crippen LogP contribution >= 0.6 is 0 Å². The maximum absolute atomic E-state index is 11.5. The Kier molecular flexibility index (Phi) is 5.88. The van der Waals surface area contributed by atoms with Crippen LogP contribution in [-0.4, -0.2) is 24.2 Å². The van der Waals surface area contributed by atoms with Crippen molar-refractivity contribution in [2.75, 3.05) is 13.2 Å². The molecule has 0 rings (SSSR count). The van der Waals surface area contributed by atoms with Crippen LogP contribution in [0.25, 0.3) is 0 Å². The standard InChI is InChI=1S/C12H25NO2/c1-9(2)10(12(3,4)5)8-11(15)13-6-7-14/h9-10,14H,6-8H2,1-5H3,(H,13,15). The van der Waals surface area contributed by atoms with E-state index >= 15 is 0 Å². The maximum Gasteiger partial charge on any atom is 0.220 e. The first kappa shape index (κ1) is 14.4. The first-order valence-corrected chi connectivity index (χ1v) is 5.66. The zero-order valence-corrected chi connectivity index (χ0v) is 10.6. The summed E-state index contributed by atoms with van der Waals surface area (Å²) in [5.41, 5.74) is 0.144. The quantitative estimate of drug-likeness (QED) is 0.734. The van der Waals surface area contributed by atoms with Gasteiger partial charge >= 0.3 is 0 Å². The van der Waals surface area contributed by atoms with Crippen LogP contribution in [-0.2, 0) is 4.79 Å². The molecule has 0 aromatic rings. The van der Waals surface area contributed by atoms with Gasteiger partial charge in [-0.3, -0.25) is 4.79 Å². The first-order chi connectivity index (χ1) is 6.79. The van der Waals surface area contributed by atoms with E-state index in [9.17, 15) is 4.79 Å². The van der Waals surface area contributed by atoms with Gasteiger partial charge in [-0.2, -0.15) is 0 Å². The number of nitrogens with one attached hydrogen (secondary N) is 1. The van der Waals surface area contributed by atoms with E-state index in [0.29, 0.717) is 24.8 Å². The van der Waals surface area contributed by atoms with Crippen LogP contribution in [0.5, 0.6) is 0 Å². The second-order valence-corrected chi connectivity index (χ2v) is 5.49. The monoisotopic (exact) mass is 215 g/mol. The molecule has 1 amide bonds. The molecule has 0 aliphatic heterocycles. The van der Waals surface area contributed by atoms with Crippen molar-refractivity contribution in [2.24, 2.45) is 17.3 Å². The number of carbonyl (C=O) groups is 1. The van der Waals surface area contributed by atoms with Crippen molar-refractivity contribution in [3.63, 3.8) is 0 Å². The molecule has 2 N–H and O–H groups in total. The van der Waals surface area contributed by atoms with Gasteiger partial charge in [0.25, 0.3) is 0 Å². The molecule has 0 aromatic carbocycles. The summed E-state index contributed by atoms with van der Waals surface area (Å²) in [7, 11) is 0. The third kappa shape index (κ3) is 5.78. The predicted molar refractivity (Wildman–Crippen MR) is 62.5 cm³/mol. The van der Waals surface area contributed by atoms with Gasteiger partial charge in [0, 0.05) is 13.0 Å². The SMILES string of the molecule is CC(C)C(CC(=O)NCCO)C(C)(C)C. The van der Waals surface area contributed by atoms with Crippen molar-refractivity contribution in [1.82, 2.24) is 5.32 Å². The Morgan fingerprint density at radius 3 is 2.20 bits per heavy atom. The lowest BCUT2D eigenvalue weighted by Crippen LogP contribution is -2.34. The Labute approximate surface area is 93.3 Å². The van der Waals surface area contributed by atoms with Crippen molar-refractivity contribution in [3.05, 3.63) is 0 Å². The fraction of sp³-hybridized carbons (Fsp3) is 0.917. The topological polar surface area (TPSA) is 49.3 Å². The van der Waals surface area contributed by atoms with E-state index in [4.69, 9.17) is 5.11 Å². The van der Waals surface area contributed by atoms with Crippen molar-refractivity contribution < 1.29 is 9.90 Å². The molecule has 0 bridgehead atoms. The maximum atomic E-state index is 11.5. The number of hydrogen-bond acceptors (Lipinski definition) is 2. The summed E-state index contributed by atoms with van der Waals surface area (Å²) in [4.78, 5) is 11.5. The van der Waals surface area contributed by atoms with Crippen LogP contribution in [0.3, 0.4) is 0 Å². The number of rotatable bonds is 5. The van der Waals surface area contributed by atoms with Crippen LogP contribution < -0.4 is 5.32 Å². The van der Waals surface area contributed by atoms with Gasteiger partial charge < -0.3 is 10.4 Å². The number of hydrogen-bond donors (Lipinski definition) is 2. The average molecular weight is 215 g/mol. The smallest absolute Gasteiger partial charge is 0.220 e. The predicted octanol–water partition coefficient (Wildman–Crippen LogP) is 1.80. The van der Waals surface area contributed by atoms with E-state index < -0.39 is 0 Å². The molecule has 0 fully saturated rings. The van der Waals surface area contributed by atoms with Crippen molar-refractivity contribution >= 4 is 5.91 Å². The molecular weight excluding hydrogens is 190 g/mol. The molecule has 15 heavy (non-hydrogen) atoms. The Bertz CT molecular complexity index is 194. The molecule has 0 aliphatic carbocycles. The Morgan fingerprint density at radius 2 is 1.87 bits per heavy atom. The zero-order valence-electron chi connectivity index (χ0n) is 10.6. The Balaban J connectivity index is 4.24. The number of aliphatic hydroxyl groups excluding tert-OH is 1. The highest BCUT2D eigenvalue weighted by atomic mass is 16.3. The molecule has 3 nitrogen and oxygen atoms in total. The van der Waals surface area contributed by atoms with Crippen LogP contribution in [0, 0.1) is 17.3 Å². The van der Waals surface area contributed by atoms with Gasteiger partial charge in [-0.15, -0.1) is 0 Å². The second-order valence-electron chi connectivity index (χ2n) is 5.49. The normalized spacial score (nSPS) is 14.1. The molecule has 0 spiro atoms. The molecule has 0 saturated heterocycles. The van der Waals surface area contributed by atoms with Gasteiger partial charge in [0.1, 0.15) is 0 Å². The summed E-state index contributed by atoms with van der Waals surface area (Å²) in [6, 6.07) is 0. The van der Waals surface area contributed by atoms with E-state index in [0.717, 1.165) is 0 Å². The highest BCUT2D eigenvalue weighted by molar-refractivity contribution is 5.76. The summed E-state index contributed by atoms with van der Waals surface area (Å²) in [6.07, 6.45) is 0.543. The fourth-order valence-corrected chi connectivity index (χ4v) is 2.01.